The van der Waals surface area contributed by atoms with Crippen LogP contribution in [0.3, 0.4) is 0 Å². The molecule has 0 unspecified atom stereocenters. The van der Waals surface area contributed by atoms with Crippen molar-refractivity contribution in [3.63, 3.8) is 0 Å². The summed E-state index contributed by atoms with van der Waals surface area (Å²) in [7, 11) is 0. The number of halogens is 1. The smallest absolute Gasteiger partial charge is 0.223 e. The first-order valence-electron chi connectivity index (χ1n) is 8.62. The largest absolute Gasteiger partial charge is 0.436 e. The van der Waals surface area contributed by atoms with Crippen LogP contribution in [0.2, 0.25) is 0 Å². The minimum Gasteiger partial charge on any atom is -0.436 e. The summed E-state index contributed by atoms with van der Waals surface area (Å²) in [5.41, 5.74) is 6.29. The van der Waals surface area contributed by atoms with Gasteiger partial charge in [0.05, 0.1) is 0 Å². The Kier molecular flexibility index (Phi) is 4.14. The van der Waals surface area contributed by atoms with Crippen molar-refractivity contribution in [2.75, 3.05) is 13.1 Å². The third-order valence-corrected chi connectivity index (χ3v) is 4.68. The van der Waals surface area contributed by atoms with E-state index in [-0.39, 0.29) is 5.82 Å². The van der Waals surface area contributed by atoms with E-state index in [1.807, 2.05) is 6.07 Å². The van der Waals surface area contributed by atoms with Crippen molar-refractivity contribution in [1.29, 1.82) is 0 Å². The number of hydrogen-bond acceptors (Lipinski definition) is 3. The summed E-state index contributed by atoms with van der Waals surface area (Å²) in [6.07, 6.45) is 3.07. The number of oxazole rings is 1. The minimum absolute atomic E-state index is 0.178. The summed E-state index contributed by atoms with van der Waals surface area (Å²) in [6.45, 7) is 6.63. The highest BCUT2D eigenvalue weighted by Gasteiger charge is 2.18. The molecule has 2 aromatic carbocycles. The number of nitrogens with zero attached hydrogens (tertiary/aromatic N) is 2. The molecule has 4 heteroatoms. The van der Waals surface area contributed by atoms with Crippen molar-refractivity contribution in [1.82, 2.24) is 9.88 Å². The van der Waals surface area contributed by atoms with E-state index in [0.717, 1.165) is 59.7 Å². The molecule has 3 nitrogen and oxygen atoms in total. The molecule has 2 heterocycles. The van der Waals surface area contributed by atoms with Gasteiger partial charge >= 0.3 is 0 Å². The van der Waals surface area contributed by atoms with Crippen LogP contribution in [0.25, 0.3) is 16.7 Å². The molecular formula is C21H21FN2O. The van der Waals surface area contributed by atoms with Crippen LogP contribution >= 0.6 is 0 Å². The van der Waals surface area contributed by atoms with Gasteiger partial charge in [0.1, 0.15) is 11.3 Å². The van der Waals surface area contributed by atoms with E-state index in [9.17, 15) is 4.39 Å². The van der Waals surface area contributed by atoms with Crippen LogP contribution in [-0.4, -0.2) is 23.0 Å². The first-order valence-corrected chi connectivity index (χ1v) is 8.62. The van der Waals surface area contributed by atoms with Gasteiger partial charge in [-0.05, 0) is 55.2 Å². The van der Waals surface area contributed by atoms with Crippen molar-refractivity contribution in [3.05, 3.63) is 70.9 Å². The molecule has 0 N–H and O–H groups in total. The van der Waals surface area contributed by atoms with E-state index in [1.165, 1.54) is 11.6 Å². The van der Waals surface area contributed by atoms with Gasteiger partial charge in [-0.1, -0.05) is 24.3 Å². The van der Waals surface area contributed by atoms with Gasteiger partial charge in [0.15, 0.2) is 5.58 Å². The van der Waals surface area contributed by atoms with Crippen LogP contribution in [0.4, 0.5) is 4.39 Å². The molecule has 128 valence electrons. The van der Waals surface area contributed by atoms with Gasteiger partial charge in [-0.2, -0.15) is 0 Å². The lowest BCUT2D eigenvalue weighted by Gasteiger charge is -2.25. The van der Waals surface area contributed by atoms with E-state index in [1.54, 1.807) is 12.1 Å². The molecule has 0 amide bonds. The van der Waals surface area contributed by atoms with Gasteiger partial charge in [0.2, 0.25) is 5.89 Å². The first kappa shape index (κ1) is 16.0. The molecule has 0 bridgehead atoms. The first-order chi connectivity index (χ1) is 12.1. The average molecular weight is 336 g/mol. The summed E-state index contributed by atoms with van der Waals surface area (Å²) in [6, 6.07) is 11.0. The van der Waals surface area contributed by atoms with Crippen molar-refractivity contribution in [2.24, 2.45) is 0 Å². The lowest BCUT2D eigenvalue weighted by molar-refractivity contribution is 0.292. The van der Waals surface area contributed by atoms with E-state index in [2.05, 4.69) is 41.9 Å². The molecule has 0 fully saturated rings. The molecule has 4 rings (SSSR count). The molecule has 1 aromatic heterocycles. The fourth-order valence-electron chi connectivity index (χ4n) is 3.46. The molecule has 3 aromatic rings. The SMILES string of the molecule is Cc1cc(C)c2oc(C3=CCN(Cc4cccc(F)c4)CC3)nc2c1. The quantitative estimate of drug-likeness (QED) is 0.683. The predicted octanol–water partition coefficient (Wildman–Crippen LogP) is 4.87. The zero-order valence-corrected chi connectivity index (χ0v) is 14.6. The zero-order chi connectivity index (χ0) is 17.4. The number of aryl methyl sites for hydroxylation is 2. The molecule has 0 saturated heterocycles. The topological polar surface area (TPSA) is 29.3 Å². The van der Waals surface area contributed by atoms with Gasteiger partial charge in [0.25, 0.3) is 0 Å². The van der Waals surface area contributed by atoms with Gasteiger partial charge in [-0.25, -0.2) is 9.37 Å². The summed E-state index contributed by atoms with van der Waals surface area (Å²) in [4.78, 5) is 6.98. The van der Waals surface area contributed by atoms with Crippen LogP contribution < -0.4 is 0 Å². The summed E-state index contributed by atoms with van der Waals surface area (Å²) in [5, 5.41) is 0. The fraction of sp³-hybridized carbons (Fsp3) is 0.286. The molecule has 0 saturated carbocycles. The Hall–Kier alpha value is -2.46. The second kappa shape index (κ2) is 6.45. The Morgan fingerprint density at radius 2 is 2.08 bits per heavy atom. The average Bonchev–Trinajstić information content (AvgIpc) is 3.00. The Labute approximate surface area is 146 Å². The number of aromatic nitrogens is 1. The van der Waals surface area contributed by atoms with Crippen LogP contribution in [-0.2, 0) is 6.54 Å². The molecule has 0 radical (unpaired) electrons. The predicted molar refractivity (Wildman–Crippen MR) is 97.8 cm³/mol. The molecule has 0 aliphatic carbocycles. The van der Waals surface area contributed by atoms with Crippen molar-refractivity contribution < 1.29 is 8.81 Å². The Bertz CT molecular complexity index is 958. The second-order valence-corrected chi connectivity index (χ2v) is 6.79. The monoisotopic (exact) mass is 336 g/mol. The maximum atomic E-state index is 13.3. The van der Waals surface area contributed by atoms with Crippen LogP contribution in [0.15, 0.2) is 46.9 Å². The number of rotatable bonds is 3. The third kappa shape index (κ3) is 3.35. The highest BCUT2D eigenvalue weighted by Crippen LogP contribution is 2.28. The maximum Gasteiger partial charge on any atom is 0.223 e. The summed E-state index contributed by atoms with van der Waals surface area (Å²) < 4.78 is 19.3. The van der Waals surface area contributed by atoms with Gasteiger partial charge in [-0.3, -0.25) is 4.90 Å². The lowest BCUT2D eigenvalue weighted by Crippen LogP contribution is -2.28. The van der Waals surface area contributed by atoms with E-state index >= 15 is 0 Å². The molecule has 0 spiro atoms. The van der Waals surface area contributed by atoms with E-state index in [0.29, 0.717) is 0 Å². The second-order valence-electron chi connectivity index (χ2n) is 6.79. The summed E-state index contributed by atoms with van der Waals surface area (Å²) in [5.74, 6) is 0.553. The fourth-order valence-corrected chi connectivity index (χ4v) is 3.46. The maximum absolute atomic E-state index is 13.3. The number of fused-ring (bicyclic) bond motifs is 1. The Morgan fingerprint density at radius 1 is 1.20 bits per heavy atom. The standard InChI is InChI=1S/C21H21FN2O/c1-14-10-15(2)20-19(11-14)23-21(25-20)17-6-8-24(9-7-17)13-16-4-3-5-18(22)12-16/h3-6,10-12H,7-9,13H2,1-2H3. The summed E-state index contributed by atoms with van der Waals surface area (Å²) >= 11 is 0. The molecule has 1 aliphatic rings. The van der Waals surface area contributed by atoms with E-state index < -0.39 is 0 Å². The molecule has 1 aliphatic heterocycles. The lowest BCUT2D eigenvalue weighted by atomic mass is 10.1. The van der Waals surface area contributed by atoms with Crippen molar-refractivity contribution >= 4 is 16.7 Å². The van der Waals surface area contributed by atoms with Gasteiger partial charge in [-0.15, -0.1) is 0 Å². The highest BCUT2D eigenvalue weighted by molar-refractivity contribution is 5.79. The molecule has 25 heavy (non-hydrogen) atoms. The van der Waals surface area contributed by atoms with E-state index in [4.69, 9.17) is 4.42 Å². The Balaban J connectivity index is 1.52. The van der Waals surface area contributed by atoms with Crippen LogP contribution in [0, 0.1) is 19.7 Å². The third-order valence-electron chi connectivity index (χ3n) is 4.68. The molecule has 0 atom stereocenters. The van der Waals surface area contributed by atoms with Crippen molar-refractivity contribution in [3.8, 4) is 0 Å². The van der Waals surface area contributed by atoms with Crippen LogP contribution in [0.5, 0.6) is 0 Å². The minimum atomic E-state index is -0.178. The van der Waals surface area contributed by atoms with Crippen molar-refractivity contribution in [2.45, 2.75) is 26.8 Å². The Morgan fingerprint density at radius 3 is 2.84 bits per heavy atom. The number of benzene rings is 2. The van der Waals surface area contributed by atoms with Gasteiger partial charge < -0.3 is 4.42 Å². The molecular weight excluding hydrogens is 315 g/mol. The van der Waals surface area contributed by atoms with Crippen LogP contribution in [0.1, 0.15) is 29.0 Å². The van der Waals surface area contributed by atoms with Gasteiger partial charge in [0, 0.05) is 25.2 Å². The normalized spacial score (nSPS) is 15.6. The zero-order valence-electron chi connectivity index (χ0n) is 14.6. The number of hydrogen-bond donors (Lipinski definition) is 0. The highest BCUT2D eigenvalue weighted by atomic mass is 19.1.